The quantitative estimate of drug-likeness (QED) is 0.360. The maximum absolute atomic E-state index is 12.6. The molecule has 35 heavy (non-hydrogen) atoms. The minimum atomic E-state index is -4.36. The fourth-order valence-corrected chi connectivity index (χ4v) is 5.40. The number of nitrogens with zero attached hydrogens (tertiary/aromatic N) is 1. The van der Waals surface area contributed by atoms with Crippen molar-refractivity contribution < 1.29 is 36.4 Å². The maximum atomic E-state index is 12.6. The average molecular weight is 572 g/mol. The summed E-state index contributed by atoms with van der Waals surface area (Å²) in [6, 6.07) is 7.93. The first-order chi connectivity index (χ1) is 16.4. The lowest BCUT2D eigenvalue weighted by Gasteiger charge is -2.33. The molecule has 0 radical (unpaired) electrons. The number of rotatable bonds is 5. The molecule has 2 aliphatic heterocycles. The van der Waals surface area contributed by atoms with E-state index < -0.39 is 69.6 Å². The highest BCUT2D eigenvalue weighted by Crippen LogP contribution is 2.48. The van der Waals surface area contributed by atoms with Gasteiger partial charge in [0.1, 0.15) is 12.7 Å². The molecule has 1 fully saturated rings. The zero-order chi connectivity index (χ0) is 25.5. The lowest BCUT2D eigenvalue weighted by molar-refractivity contribution is -0.158. The Morgan fingerprint density at radius 2 is 1.94 bits per heavy atom. The Morgan fingerprint density at radius 3 is 2.54 bits per heavy atom. The normalized spacial score (nSPS) is 26.9. The van der Waals surface area contributed by atoms with Gasteiger partial charge in [0, 0.05) is 13.1 Å². The number of aromatic nitrogens is 2. The largest absolute Gasteiger partial charge is 0.459 e. The van der Waals surface area contributed by atoms with Crippen LogP contribution in [0.2, 0.25) is 0 Å². The van der Waals surface area contributed by atoms with E-state index in [-0.39, 0.29) is 10.0 Å². The van der Waals surface area contributed by atoms with E-state index in [4.69, 9.17) is 24.1 Å². The lowest BCUT2D eigenvalue weighted by Crippen LogP contribution is -2.55. The number of aromatic amines is 1. The summed E-state index contributed by atoms with van der Waals surface area (Å²) in [5.74, 6) is -1.63. The van der Waals surface area contributed by atoms with Crippen molar-refractivity contribution in [3.63, 3.8) is 0 Å². The van der Waals surface area contributed by atoms with Gasteiger partial charge >= 0.3 is 17.6 Å². The predicted octanol–water partition coefficient (Wildman–Crippen LogP) is -0.116. The summed E-state index contributed by atoms with van der Waals surface area (Å²) in [6.07, 6.45) is -3.54. The van der Waals surface area contributed by atoms with Gasteiger partial charge < -0.3 is 19.9 Å². The van der Waals surface area contributed by atoms with E-state index in [1.54, 1.807) is 18.2 Å². The number of benzene rings is 1. The van der Waals surface area contributed by atoms with Crippen molar-refractivity contribution in [3.8, 4) is 0 Å². The third-order valence-electron chi connectivity index (χ3n) is 5.31. The average Bonchev–Trinajstić information content (AvgIpc) is 3.21. The molecule has 3 N–H and O–H groups in total. The molecule has 13 nitrogen and oxygen atoms in total. The van der Waals surface area contributed by atoms with Gasteiger partial charge in [-0.2, -0.15) is 8.42 Å². The molecule has 1 saturated heterocycles. The molecule has 1 spiro atoms. The molecule has 0 bridgehead atoms. The fourth-order valence-electron chi connectivity index (χ4n) is 3.86. The van der Waals surface area contributed by atoms with E-state index >= 15 is 0 Å². The van der Waals surface area contributed by atoms with Gasteiger partial charge in [-0.15, -0.1) is 0 Å². The van der Waals surface area contributed by atoms with Crippen molar-refractivity contribution >= 4 is 38.0 Å². The Hall–Kier alpha value is -3.27. The van der Waals surface area contributed by atoms with Gasteiger partial charge in [-0.3, -0.25) is 19.1 Å². The van der Waals surface area contributed by atoms with Crippen LogP contribution >= 0.6 is 15.9 Å². The molecule has 0 saturated carbocycles. The summed E-state index contributed by atoms with van der Waals surface area (Å²) >= 11 is 2.99. The van der Waals surface area contributed by atoms with Gasteiger partial charge in [-0.05, 0) is 28.1 Å². The highest BCUT2D eigenvalue weighted by molar-refractivity contribution is 9.10. The van der Waals surface area contributed by atoms with Gasteiger partial charge in [0.25, 0.3) is 15.7 Å². The molecular formula is C20H18BrN3O10S. The molecule has 4 atom stereocenters. The maximum Gasteiger partial charge on any atom is 0.338 e. The highest BCUT2D eigenvalue weighted by Gasteiger charge is 2.67. The molecule has 3 heterocycles. The number of halogens is 1. The van der Waals surface area contributed by atoms with Crippen LogP contribution in [0.5, 0.6) is 0 Å². The molecule has 0 aliphatic carbocycles. The monoisotopic (exact) mass is 571 g/mol. The van der Waals surface area contributed by atoms with E-state index in [1.165, 1.54) is 12.1 Å². The van der Waals surface area contributed by atoms with Crippen molar-refractivity contribution in [2.75, 3.05) is 6.61 Å². The summed E-state index contributed by atoms with van der Waals surface area (Å²) in [5.41, 5.74) is 1.98. The van der Waals surface area contributed by atoms with Crippen LogP contribution in [0.15, 0.2) is 61.7 Å². The zero-order valence-corrected chi connectivity index (χ0v) is 20.3. The number of ether oxygens (including phenoxy) is 3. The fraction of sp³-hybridized carbons (Fsp3) is 0.300. The van der Waals surface area contributed by atoms with Crippen LogP contribution < -0.4 is 17.0 Å². The smallest absolute Gasteiger partial charge is 0.338 e. The third kappa shape index (κ3) is 4.54. The summed E-state index contributed by atoms with van der Waals surface area (Å²) in [4.78, 5) is 50.9. The second-order valence-electron chi connectivity index (χ2n) is 7.60. The molecule has 0 amide bonds. The van der Waals surface area contributed by atoms with Crippen LogP contribution in [0.3, 0.4) is 0 Å². The molecular weight excluding hydrogens is 554 g/mol. The summed E-state index contributed by atoms with van der Waals surface area (Å²) < 4.78 is 47.3. The lowest BCUT2D eigenvalue weighted by atomic mass is 9.89. The SMILES string of the molecule is CC(=O)O[C@H]1[C@H](n2cc(Br)c(=O)[nH]c2=O)O[C@H](COC(=O)c2ccccc2)[C@@]12OS(=O)(=O)C=C2N. The molecule has 2 aliphatic rings. The van der Waals surface area contributed by atoms with E-state index in [0.717, 1.165) is 17.7 Å². The molecule has 186 valence electrons. The number of hydrogen-bond donors (Lipinski definition) is 2. The number of nitrogens with two attached hydrogens (primary N) is 1. The van der Waals surface area contributed by atoms with Crippen molar-refractivity contribution in [2.45, 2.75) is 31.0 Å². The Kier molecular flexibility index (Phi) is 6.44. The van der Waals surface area contributed by atoms with E-state index in [2.05, 4.69) is 15.9 Å². The number of hydrogen-bond acceptors (Lipinski definition) is 11. The van der Waals surface area contributed by atoms with Gasteiger partial charge in [-0.1, -0.05) is 18.2 Å². The van der Waals surface area contributed by atoms with Crippen molar-refractivity contribution in [3.05, 3.63) is 78.5 Å². The number of esters is 2. The molecule has 4 rings (SSSR count). The van der Waals surface area contributed by atoms with Crippen molar-refractivity contribution in [1.29, 1.82) is 0 Å². The van der Waals surface area contributed by atoms with Crippen LogP contribution in [0.4, 0.5) is 0 Å². The number of carbonyl (C=O) groups is 2. The Morgan fingerprint density at radius 1 is 1.26 bits per heavy atom. The second-order valence-corrected chi connectivity index (χ2v) is 9.84. The van der Waals surface area contributed by atoms with Crippen LogP contribution in [0.25, 0.3) is 0 Å². The molecule has 15 heteroatoms. The number of carbonyl (C=O) groups excluding carboxylic acids is 2. The molecule has 1 aromatic heterocycles. The van der Waals surface area contributed by atoms with Crippen LogP contribution in [0.1, 0.15) is 23.5 Å². The first-order valence-electron chi connectivity index (χ1n) is 9.93. The van der Waals surface area contributed by atoms with Gasteiger partial charge in [0.15, 0.2) is 17.9 Å². The Labute approximate surface area is 205 Å². The van der Waals surface area contributed by atoms with Crippen molar-refractivity contribution in [1.82, 2.24) is 9.55 Å². The first-order valence-corrected chi connectivity index (χ1v) is 12.2. The number of nitrogens with one attached hydrogen (secondary N) is 1. The minimum Gasteiger partial charge on any atom is -0.459 e. The molecule has 2 aromatic rings. The van der Waals surface area contributed by atoms with Crippen LogP contribution in [0, 0.1) is 0 Å². The summed E-state index contributed by atoms with van der Waals surface area (Å²) in [6.45, 7) is 0.452. The summed E-state index contributed by atoms with van der Waals surface area (Å²) in [5, 5.41) is 0.618. The van der Waals surface area contributed by atoms with E-state index in [9.17, 15) is 27.6 Å². The van der Waals surface area contributed by atoms with E-state index in [1.807, 2.05) is 4.98 Å². The Balaban J connectivity index is 1.79. The predicted molar refractivity (Wildman–Crippen MR) is 120 cm³/mol. The minimum absolute atomic E-state index is 0.0706. The zero-order valence-electron chi connectivity index (χ0n) is 17.9. The second kappa shape index (κ2) is 9.07. The van der Waals surface area contributed by atoms with Crippen LogP contribution in [-0.4, -0.2) is 54.3 Å². The standard InChI is InChI=1S/C20H18BrN3O10S/c1-10(25)32-15-17(24-7-12(21)16(26)23-19(24)28)33-14(20(15)13(22)9-35(29,30)34-20)8-31-18(27)11-5-3-2-4-6-11/h2-7,9,14-15,17H,8,22H2,1H3,(H,23,26,28)/t14-,15+,17-,20-/m1/s1. The molecule has 1 aromatic carbocycles. The number of H-pyrrole nitrogens is 1. The third-order valence-corrected chi connectivity index (χ3v) is 6.92. The topological polar surface area (TPSA) is 186 Å². The molecule has 0 unspecified atom stereocenters. The van der Waals surface area contributed by atoms with Crippen LogP contribution in [-0.2, 0) is 33.3 Å². The Bertz CT molecular complexity index is 1440. The van der Waals surface area contributed by atoms with Gasteiger partial charge in [-0.25, -0.2) is 13.8 Å². The van der Waals surface area contributed by atoms with Crippen molar-refractivity contribution in [2.24, 2.45) is 5.73 Å². The van der Waals surface area contributed by atoms with Gasteiger partial charge in [0.2, 0.25) is 0 Å². The van der Waals surface area contributed by atoms with E-state index in [0.29, 0.717) is 5.41 Å². The highest BCUT2D eigenvalue weighted by atomic mass is 79.9. The summed E-state index contributed by atoms with van der Waals surface area (Å²) in [7, 11) is -4.36. The van der Waals surface area contributed by atoms with Gasteiger partial charge in [0.05, 0.1) is 21.1 Å². The first kappa shape index (κ1) is 24.8.